The predicted molar refractivity (Wildman–Crippen MR) is 59.6 cm³/mol. The van der Waals surface area contributed by atoms with Crippen LogP contribution in [0.4, 0.5) is 0 Å². The minimum Gasteiger partial charge on any atom is -0.395 e. The van der Waals surface area contributed by atoms with Gasteiger partial charge in [0.1, 0.15) is 17.8 Å². The van der Waals surface area contributed by atoms with Crippen LogP contribution in [0.2, 0.25) is 0 Å². The Morgan fingerprint density at radius 1 is 1.06 bits per heavy atom. The molecule has 0 saturated heterocycles. The van der Waals surface area contributed by atoms with Crippen molar-refractivity contribution in [3.8, 4) is 0 Å². The summed E-state index contributed by atoms with van der Waals surface area (Å²) in [5.41, 5.74) is -1.94. The van der Waals surface area contributed by atoms with Gasteiger partial charge in [-0.3, -0.25) is 0 Å². The lowest BCUT2D eigenvalue weighted by atomic mass is 9.76. The van der Waals surface area contributed by atoms with Crippen molar-refractivity contribution in [2.45, 2.75) is 42.4 Å². The molecule has 0 aliphatic heterocycles. The first-order valence-electron chi connectivity index (χ1n) is 5.74. The molecule has 0 amide bonds. The topological polar surface area (TPSA) is 154 Å². The lowest BCUT2D eigenvalue weighted by Crippen LogP contribution is -2.68. The van der Waals surface area contributed by atoms with E-state index < -0.39 is 55.8 Å². The fourth-order valence-electron chi connectivity index (χ4n) is 2.15. The summed E-state index contributed by atoms with van der Waals surface area (Å²) in [5.74, 6) is 0. The Kier molecular flexibility index (Phi) is 5.44. The highest BCUT2D eigenvalue weighted by Crippen LogP contribution is 2.29. The van der Waals surface area contributed by atoms with Crippen LogP contribution < -0.4 is 5.32 Å². The zero-order valence-electron chi connectivity index (χ0n) is 9.85. The molecular formula is C10H21NO7. The van der Waals surface area contributed by atoms with Crippen LogP contribution in [0.1, 0.15) is 6.42 Å². The zero-order valence-corrected chi connectivity index (χ0v) is 9.85. The standard InChI is InChI=1S/C10H21NO7/c12-2-5(3-13)11-6-1-10(18,4-14)9(17)8(16)7(6)15/h5-9,11-18H,1-4H2/t6-,7+,8+,9-,10-/m0/s1. The summed E-state index contributed by atoms with van der Waals surface area (Å²) in [7, 11) is 0. The van der Waals surface area contributed by atoms with Gasteiger partial charge in [-0.25, -0.2) is 0 Å². The Bertz CT molecular complexity index is 263. The van der Waals surface area contributed by atoms with E-state index in [0.29, 0.717) is 0 Å². The molecule has 1 rings (SSSR count). The first kappa shape index (κ1) is 15.7. The molecule has 0 unspecified atom stereocenters. The van der Waals surface area contributed by atoms with Crippen molar-refractivity contribution in [1.29, 1.82) is 0 Å². The van der Waals surface area contributed by atoms with Crippen LogP contribution in [0.25, 0.3) is 0 Å². The number of rotatable bonds is 5. The van der Waals surface area contributed by atoms with E-state index in [9.17, 15) is 20.4 Å². The molecule has 8 N–H and O–H groups in total. The Morgan fingerprint density at radius 3 is 2.06 bits per heavy atom. The molecule has 0 radical (unpaired) electrons. The van der Waals surface area contributed by atoms with Crippen LogP contribution in [-0.2, 0) is 0 Å². The van der Waals surface area contributed by atoms with E-state index in [2.05, 4.69) is 5.32 Å². The first-order chi connectivity index (χ1) is 8.39. The molecule has 0 heterocycles. The average molecular weight is 267 g/mol. The fourth-order valence-corrected chi connectivity index (χ4v) is 2.15. The lowest BCUT2D eigenvalue weighted by molar-refractivity contribution is -0.207. The number of nitrogens with one attached hydrogen (secondary N) is 1. The predicted octanol–water partition coefficient (Wildman–Crippen LogP) is -4.49. The Morgan fingerprint density at radius 2 is 1.61 bits per heavy atom. The van der Waals surface area contributed by atoms with Crippen LogP contribution in [0, 0.1) is 0 Å². The zero-order chi connectivity index (χ0) is 13.9. The van der Waals surface area contributed by atoms with Gasteiger partial charge in [-0.2, -0.15) is 0 Å². The number of aliphatic hydroxyl groups excluding tert-OH is 6. The highest BCUT2D eigenvalue weighted by Gasteiger charge is 2.51. The third-order valence-electron chi connectivity index (χ3n) is 3.37. The molecule has 0 bridgehead atoms. The van der Waals surface area contributed by atoms with Gasteiger partial charge in [-0.15, -0.1) is 0 Å². The SMILES string of the molecule is OCC(CO)N[C@H]1C[C@](O)(CO)[C@@H](O)[C@H](O)[C@@H]1O. The van der Waals surface area contributed by atoms with Gasteiger partial charge in [-0.05, 0) is 6.42 Å². The second kappa shape index (κ2) is 6.22. The van der Waals surface area contributed by atoms with Gasteiger partial charge in [0.25, 0.3) is 0 Å². The Balaban J connectivity index is 2.79. The summed E-state index contributed by atoms with van der Waals surface area (Å²) in [6, 6.07) is -1.60. The van der Waals surface area contributed by atoms with Gasteiger partial charge in [0.2, 0.25) is 0 Å². The molecule has 0 aromatic carbocycles. The van der Waals surface area contributed by atoms with E-state index in [1.807, 2.05) is 0 Å². The van der Waals surface area contributed by atoms with E-state index in [1.54, 1.807) is 0 Å². The monoisotopic (exact) mass is 267 g/mol. The summed E-state index contributed by atoms with van der Waals surface area (Å²) < 4.78 is 0. The molecule has 0 aromatic heterocycles. The third kappa shape index (κ3) is 2.98. The normalized spacial score (nSPS) is 41.3. The van der Waals surface area contributed by atoms with Gasteiger partial charge in [0.15, 0.2) is 0 Å². The molecule has 108 valence electrons. The first-order valence-corrected chi connectivity index (χ1v) is 5.74. The van der Waals surface area contributed by atoms with Crippen molar-refractivity contribution in [2.24, 2.45) is 0 Å². The highest BCUT2D eigenvalue weighted by molar-refractivity contribution is 5.05. The minimum atomic E-state index is -1.94. The van der Waals surface area contributed by atoms with Crippen molar-refractivity contribution in [3.63, 3.8) is 0 Å². The molecule has 0 spiro atoms. The van der Waals surface area contributed by atoms with Gasteiger partial charge >= 0.3 is 0 Å². The van der Waals surface area contributed by atoms with Crippen molar-refractivity contribution < 1.29 is 35.7 Å². The highest BCUT2D eigenvalue weighted by atomic mass is 16.4. The summed E-state index contributed by atoms with van der Waals surface area (Å²) in [6.45, 7) is -1.56. The van der Waals surface area contributed by atoms with E-state index in [0.717, 1.165) is 0 Å². The summed E-state index contributed by atoms with van der Waals surface area (Å²) in [6.07, 6.45) is -4.91. The molecule has 0 aromatic rings. The fraction of sp³-hybridized carbons (Fsp3) is 1.00. The number of aliphatic hydroxyl groups is 7. The molecule has 5 atom stereocenters. The smallest absolute Gasteiger partial charge is 0.118 e. The van der Waals surface area contributed by atoms with Crippen molar-refractivity contribution in [1.82, 2.24) is 5.32 Å². The molecule has 8 heteroatoms. The van der Waals surface area contributed by atoms with E-state index in [1.165, 1.54) is 0 Å². The third-order valence-corrected chi connectivity index (χ3v) is 3.37. The van der Waals surface area contributed by atoms with Crippen LogP contribution in [0.5, 0.6) is 0 Å². The second-order valence-electron chi connectivity index (χ2n) is 4.73. The molecule has 1 fully saturated rings. The van der Waals surface area contributed by atoms with Crippen LogP contribution in [0.15, 0.2) is 0 Å². The number of hydrogen-bond donors (Lipinski definition) is 8. The van der Waals surface area contributed by atoms with E-state index >= 15 is 0 Å². The van der Waals surface area contributed by atoms with Crippen molar-refractivity contribution >= 4 is 0 Å². The summed E-state index contributed by atoms with van der Waals surface area (Å²) in [4.78, 5) is 0. The molecular weight excluding hydrogens is 246 g/mol. The van der Waals surface area contributed by atoms with Crippen LogP contribution in [-0.4, -0.2) is 91.6 Å². The maximum Gasteiger partial charge on any atom is 0.118 e. The Labute approximate surface area is 104 Å². The van der Waals surface area contributed by atoms with E-state index in [4.69, 9.17) is 15.3 Å². The van der Waals surface area contributed by atoms with E-state index in [-0.39, 0.29) is 6.42 Å². The number of hydrogen-bond acceptors (Lipinski definition) is 8. The lowest BCUT2D eigenvalue weighted by Gasteiger charge is -2.46. The van der Waals surface area contributed by atoms with Gasteiger partial charge in [0.05, 0.1) is 32.0 Å². The van der Waals surface area contributed by atoms with Gasteiger partial charge < -0.3 is 41.1 Å². The molecule has 1 saturated carbocycles. The molecule has 8 nitrogen and oxygen atoms in total. The summed E-state index contributed by atoms with van der Waals surface area (Å²) >= 11 is 0. The van der Waals surface area contributed by atoms with Gasteiger partial charge in [-0.1, -0.05) is 0 Å². The maximum absolute atomic E-state index is 9.93. The quantitative estimate of drug-likeness (QED) is 0.248. The second-order valence-corrected chi connectivity index (χ2v) is 4.73. The minimum absolute atomic E-state index is 0.223. The molecule has 1 aliphatic rings. The van der Waals surface area contributed by atoms with Crippen LogP contribution >= 0.6 is 0 Å². The molecule has 1 aliphatic carbocycles. The van der Waals surface area contributed by atoms with Gasteiger partial charge in [0, 0.05) is 6.04 Å². The van der Waals surface area contributed by atoms with Crippen LogP contribution in [0.3, 0.4) is 0 Å². The largest absolute Gasteiger partial charge is 0.395 e. The average Bonchev–Trinajstić information content (AvgIpc) is 2.39. The summed E-state index contributed by atoms with van der Waals surface area (Å²) in [5, 5.41) is 68.4. The maximum atomic E-state index is 9.93. The molecule has 18 heavy (non-hydrogen) atoms. The van der Waals surface area contributed by atoms with Crippen molar-refractivity contribution in [3.05, 3.63) is 0 Å². The van der Waals surface area contributed by atoms with Crippen molar-refractivity contribution in [2.75, 3.05) is 19.8 Å². The Hall–Kier alpha value is -0.320.